The van der Waals surface area contributed by atoms with Crippen LogP contribution in [0.2, 0.25) is 0 Å². The van der Waals surface area contributed by atoms with Gasteiger partial charge in [-0.1, -0.05) is 0 Å². The first-order chi connectivity index (χ1) is 5.63. The zero-order valence-corrected chi connectivity index (χ0v) is 15.0. The van der Waals surface area contributed by atoms with E-state index in [0.29, 0.717) is 0 Å². The summed E-state index contributed by atoms with van der Waals surface area (Å²) in [4.78, 5) is 12.1. The predicted octanol–water partition coefficient (Wildman–Crippen LogP) is 2.55. The zero-order valence-electron chi connectivity index (χ0n) is 7.87. The first kappa shape index (κ1) is 20.4. The van der Waals surface area contributed by atoms with Crippen LogP contribution in [0.25, 0.3) is 0 Å². The van der Waals surface area contributed by atoms with Crippen LogP contribution in [-0.4, -0.2) is 29.1 Å². The van der Waals surface area contributed by atoms with Gasteiger partial charge in [0.25, 0.3) is 5.97 Å². The number of hydrogen-bond acceptors (Lipinski definition) is 2. The molecular formula is C7H13I2NO2Y-2. The molecule has 0 aliphatic heterocycles. The Kier molecular flexibility index (Phi) is 22.0. The molecule has 13 heavy (non-hydrogen) atoms. The third-order valence-electron chi connectivity index (χ3n) is 1.41. The fraction of sp³-hybridized carbons (Fsp3) is 0.571. The van der Waals surface area contributed by atoms with Gasteiger partial charge >= 0.3 is 0 Å². The minimum Gasteiger partial charge on any atom is -0.482 e. The molecule has 1 N–H and O–H groups in total. The molecule has 1 atom stereocenters. The Balaban J connectivity index is -0.000000309. The van der Waals surface area contributed by atoms with Gasteiger partial charge in [0.2, 0.25) is 0 Å². The molecule has 0 saturated carbocycles. The van der Waals surface area contributed by atoms with Crippen LogP contribution < -0.4 is 0 Å². The van der Waals surface area contributed by atoms with Crippen LogP contribution in [0.4, 0.5) is 0 Å². The molecule has 77 valence electrons. The number of carbonyl (C=O) groups is 1. The van der Waals surface area contributed by atoms with Crippen LogP contribution in [0.15, 0.2) is 0 Å². The van der Waals surface area contributed by atoms with Crippen molar-refractivity contribution >= 4 is 43.2 Å². The topological polar surface area (TPSA) is 40.5 Å². The Morgan fingerprint density at radius 3 is 1.92 bits per heavy atom. The Morgan fingerprint density at radius 1 is 1.46 bits per heavy atom. The first-order valence-electron chi connectivity index (χ1n) is 3.31. The molecule has 1 unspecified atom stereocenters. The van der Waals surface area contributed by atoms with Gasteiger partial charge in [-0.15, -0.1) is 0 Å². The van der Waals surface area contributed by atoms with E-state index >= 15 is 0 Å². The second-order valence-corrected chi connectivity index (χ2v) is 2.04. The fourth-order valence-corrected chi connectivity index (χ4v) is 0.713. The number of carboxylic acids is 1. The van der Waals surface area contributed by atoms with E-state index in [-0.39, 0.29) is 32.7 Å². The van der Waals surface area contributed by atoms with Crippen molar-refractivity contribution in [2.75, 3.05) is 7.05 Å². The maximum atomic E-state index is 10.4. The van der Waals surface area contributed by atoms with E-state index in [1.54, 1.807) is 38.8 Å². The zero-order chi connectivity index (χ0) is 10.1. The first-order valence-corrected chi connectivity index (χ1v) is 9.60. The Hall–Kier alpha value is 1.99. The molecule has 0 fully saturated rings. The molecule has 0 amide bonds. The van der Waals surface area contributed by atoms with Gasteiger partial charge in [0.05, 0.1) is 0 Å². The quantitative estimate of drug-likeness (QED) is 0.491. The number of aliphatic carboxylic acids is 1. The van der Waals surface area contributed by atoms with Crippen molar-refractivity contribution in [3.05, 3.63) is 13.0 Å². The molecule has 0 saturated heterocycles. The van der Waals surface area contributed by atoms with Gasteiger partial charge in [-0.05, 0) is 13.1 Å². The molecule has 0 aromatic heterocycles. The molecule has 0 heterocycles. The molecule has 0 rings (SSSR count). The van der Waals surface area contributed by atoms with Gasteiger partial charge in [-0.3, -0.25) is 11.3 Å². The van der Waals surface area contributed by atoms with Crippen LogP contribution in [0, 0.1) is 13.0 Å². The molecule has 0 aliphatic rings. The number of hydrogen-bond donors (Lipinski definition) is 1. The number of rotatable bonds is 4. The van der Waals surface area contributed by atoms with Gasteiger partial charge in [-0.25, -0.2) is 0 Å². The van der Waals surface area contributed by atoms with Gasteiger partial charge in [-0.2, -0.15) is 13.8 Å². The summed E-state index contributed by atoms with van der Waals surface area (Å²) in [5.74, 6) is -0.817. The molecule has 0 aliphatic carbocycles. The van der Waals surface area contributed by atoms with Crippen LogP contribution in [0.3, 0.4) is 0 Å². The minimum atomic E-state index is -0.817. The number of nitrogens with zero attached hydrogens (tertiary/aromatic N) is 1. The van der Waals surface area contributed by atoms with E-state index < -0.39 is 12.0 Å². The standard InChI is InChI=1S/C7H13NO2.I2.Y/c1-4-6(7(9)10)8(3)5-2;1-2;/h4-6H,1-3H3,(H,9,10);;/q-2;;. The molecule has 0 bridgehead atoms. The van der Waals surface area contributed by atoms with E-state index in [1.165, 1.54) is 0 Å². The summed E-state index contributed by atoms with van der Waals surface area (Å²) in [7, 11) is 1.73. The summed E-state index contributed by atoms with van der Waals surface area (Å²) in [5.41, 5.74) is 0. The van der Waals surface area contributed by atoms with Crippen LogP contribution >= 0.6 is 37.2 Å². The van der Waals surface area contributed by atoms with Crippen molar-refractivity contribution in [1.82, 2.24) is 4.90 Å². The van der Waals surface area contributed by atoms with E-state index in [9.17, 15) is 4.79 Å². The van der Waals surface area contributed by atoms with Gasteiger partial charge in [0, 0.05) is 69.9 Å². The molecule has 6 heteroatoms. The largest absolute Gasteiger partial charge is 0.482 e. The Morgan fingerprint density at radius 2 is 1.85 bits per heavy atom. The van der Waals surface area contributed by atoms with E-state index in [4.69, 9.17) is 5.11 Å². The summed E-state index contributed by atoms with van der Waals surface area (Å²) < 4.78 is 0. The summed E-state index contributed by atoms with van der Waals surface area (Å²) in [5, 5.41) is 8.58. The van der Waals surface area contributed by atoms with Crippen molar-refractivity contribution in [1.29, 1.82) is 0 Å². The molecule has 0 aromatic carbocycles. The predicted molar refractivity (Wildman–Crippen MR) is 67.2 cm³/mol. The molecule has 1 radical (unpaired) electrons. The summed E-state index contributed by atoms with van der Waals surface area (Å²) in [6.07, 6.45) is 1.64. The van der Waals surface area contributed by atoms with Crippen molar-refractivity contribution in [3.63, 3.8) is 0 Å². The average molecular weight is 486 g/mol. The molecule has 0 aromatic rings. The van der Waals surface area contributed by atoms with E-state index in [1.807, 2.05) is 0 Å². The van der Waals surface area contributed by atoms with Crippen LogP contribution in [0.1, 0.15) is 13.8 Å². The van der Waals surface area contributed by atoms with Gasteiger partial charge in [0.15, 0.2) is 0 Å². The minimum absolute atomic E-state index is 0. The maximum absolute atomic E-state index is 10.4. The molecule has 3 nitrogen and oxygen atoms in total. The molecular weight excluding hydrogens is 473 g/mol. The summed E-state index contributed by atoms with van der Waals surface area (Å²) >= 11 is 4.24. The van der Waals surface area contributed by atoms with Crippen molar-refractivity contribution < 1.29 is 42.6 Å². The van der Waals surface area contributed by atoms with Gasteiger partial charge < -0.3 is 16.4 Å². The third kappa shape index (κ3) is 10.3. The Labute approximate surface area is 129 Å². The monoisotopic (exact) mass is 486 g/mol. The van der Waals surface area contributed by atoms with Gasteiger partial charge in [0.1, 0.15) is 0 Å². The summed E-state index contributed by atoms with van der Waals surface area (Å²) in [6.45, 7) is 5.27. The number of likely N-dealkylation sites (N-methyl/N-ethyl adjacent to an activating group) is 1. The Bertz CT molecular complexity index is 127. The second kappa shape index (κ2) is 14.0. The smallest absolute Gasteiger partial charge is 0.287 e. The van der Waals surface area contributed by atoms with Crippen molar-refractivity contribution in [2.24, 2.45) is 0 Å². The third-order valence-corrected chi connectivity index (χ3v) is 1.41. The van der Waals surface area contributed by atoms with Crippen LogP contribution in [0.5, 0.6) is 0 Å². The normalized spacial score (nSPS) is 10.9. The van der Waals surface area contributed by atoms with Crippen LogP contribution in [-0.2, 0) is 37.5 Å². The SMILES string of the molecule is C[CH-]C(C(=O)O)N(C)[CH-]C.II.[Y]. The van der Waals surface area contributed by atoms with Crippen molar-refractivity contribution in [2.45, 2.75) is 19.9 Å². The second-order valence-electron chi connectivity index (χ2n) is 2.04. The average Bonchev–Trinajstić information content (AvgIpc) is 2.08. The fourth-order valence-electron chi connectivity index (χ4n) is 0.713. The van der Waals surface area contributed by atoms with E-state index in [0.717, 1.165) is 0 Å². The molecule has 0 spiro atoms. The summed E-state index contributed by atoms with van der Waals surface area (Å²) in [6, 6.07) is -0.495. The maximum Gasteiger partial charge on any atom is 0.287 e. The van der Waals surface area contributed by atoms with E-state index in [2.05, 4.69) is 37.2 Å². The van der Waals surface area contributed by atoms with Crippen molar-refractivity contribution in [3.8, 4) is 0 Å². The number of carboxylic acid groups (broad SMARTS) is 1. The number of halogens is 2.